The number of nitrogens with zero attached hydrogens (tertiary/aromatic N) is 1. The minimum Gasteiger partial charge on any atom is -0.257 e. The van der Waals surface area contributed by atoms with Crippen molar-refractivity contribution in [2.75, 3.05) is 0 Å². The summed E-state index contributed by atoms with van der Waals surface area (Å²) in [4.78, 5) is 4.81. The lowest BCUT2D eigenvalue weighted by atomic mass is 9.77. The lowest BCUT2D eigenvalue weighted by Crippen LogP contribution is -2.23. The van der Waals surface area contributed by atoms with Crippen LogP contribution in [0.3, 0.4) is 0 Å². The van der Waals surface area contributed by atoms with Gasteiger partial charge < -0.3 is 0 Å². The fourth-order valence-electron chi connectivity index (χ4n) is 3.61. The predicted octanol–water partition coefficient (Wildman–Crippen LogP) is 5.43. The van der Waals surface area contributed by atoms with E-state index in [1.54, 1.807) is 5.56 Å². The Hall–Kier alpha value is -1.11. The molecule has 0 unspecified atom stereocenters. The smallest absolute Gasteiger partial charge is 0.0699 e. The Morgan fingerprint density at radius 1 is 1.05 bits per heavy atom. The van der Waals surface area contributed by atoms with E-state index in [-0.39, 0.29) is 5.41 Å². The van der Waals surface area contributed by atoms with Crippen molar-refractivity contribution in [3.05, 3.63) is 28.8 Å². The van der Waals surface area contributed by atoms with E-state index in [0.717, 1.165) is 5.92 Å². The fraction of sp³-hybridized carbons (Fsp3) is 0.611. The van der Waals surface area contributed by atoms with Gasteiger partial charge in [-0.2, -0.15) is 0 Å². The average Bonchev–Trinajstić information content (AvgIpc) is 2.63. The number of aryl methyl sites for hydroxylation is 1. The van der Waals surface area contributed by atoms with E-state index in [4.69, 9.17) is 4.99 Å². The van der Waals surface area contributed by atoms with Gasteiger partial charge in [-0.05, 0) is 49.3 Å². The van der Waals surface area contributed by atoms with Crippen molar-refractivity contribution in [2.45, 2.75) is 71.1 Å². The standard InChI is InChI=1S/C18H25N/c1-12-10-15(14-8-6-5-7-9-14)11-16-17(12)19-13(2)18(16,3)4/h10-11,14H,5-9H2,1-4H3. The van der Waals surface area contributed by atoms with E-state index in [9.17, 15) is 0 Å². The zero-order valence-corrected chi connectivity index (χ0v) is 12.7. The number of fused-ring (bicyclic) bond motifs is 1. The largest absolute Gasteiger partial charge is 0.257 e. The molecule has 0 radical (unpaired) electrons. The summed E-state index contributed by atoms with van der Waals surface area (Å²) in [7, 11) is 0. The number of aliphatic imine (C=N–C) groups is 1. The highest BCUT2D eigenvalue weighted by Gasteiger charge is 2.34. The van der Waals surface area contributed by atoms with E-state index in [0.29, 0.717) is 0 Å². The molecule has 2 aliphatic rings. The Balaban J connectivity index is 2.04. The van der Waals surface area contributed by atoms with E-state index in [1.165, 1.54) is 54.6 Å². The molecule has 0 aromatic heterocycles. The summed E-state index contributed by atoms with van der Waals surface area (Å²) in [6, 6.07) is 4.85. The third kappa shape index (κ3) is 2.04. The van der Waals surface area contributed by atoms with E-state index >= 15 is 0 Å². The van der Waals surface area contributed by atoms with Crippen molar-refractivity contribution in [2.24, 2.45) is 4.99 Å². The maximum atomic E-state index is 4.81. The second-order valence-corrected chi connectivity index (χ2v) is 6.89. The van der Waals surface area contributed by atoms with Gasteiger partial charge in [0.1, 0.15) is 0 Å². The lowest BCUT2D eigenvalue weighted by molar-refractivity contribution is 0.443. The first-order valence-corrected chi connectivity index (χ1v) is 7.71. The molecule has 1 aliphatic carbocycles. The minimum absolute atomic E-state index is 0.116. The van der Waals surface area contributed by atoms with Crippen LogP contribution in [0.5, 0.6) is 0 Å². The second kappa shape index (κ2) is 4.47. The van der Waals surface area contributed by atoms with Crippen molar-refractivity contribution < 1.29 is 0 Å². The highest BCUT2D eigenvalue weighted by atomic mass is 14.8. The van der Waals surface area contributed by atoms with Crippen LogP contribution in [0.15, 0.2) is 17.1 Å². The van der Waals surface area contributed by atoms with Crippen molar-refractivity contribution >= 4 is 11.4 Å². The van der Waals surface area contributed by atoms with Gasteiger partial charge in [-0.1, -0.05) is 45.2 Å². The van der Waals surface area contributed by atoms with Crippen LogP contribution in [0.4, 0.5) is 5.69 Å². The summed E-state index contributed by atoms with van der Waals surface area (Å²) in [5.74, 6) is 0.787. The van der Waals surface area contributed by atoms with Gasteiger partial charge in [0.05, 0.1) is 5.69 Å². The van der Waals surface area contributed by atoms with Crippen molar-refractivity contribution in [3.63, 3.8) is 0 Å². The van der Waals surface area contributed by atoms with E-state index in [2.05, 4.69) is 39.8 Å². The number of hydrogen-bond donors (Lipinski definition) is 0. The Morgan fingerprint density at radius 3 is 2.42 bits per heavy atom. The number of benzene rings is 1. The summed E-state index contributed by atoms with van der Waals surface area (Å²) in [6.07, 6.45) is 6.98. The van der Waals surface area contributed by atoms with Gasteiger partial charge >= 0.3 is 0 Å². The molecule has 1 aromatic rings. The zero-order valence-electron chi connectivity index (χ0n) is 12.7. The first kappa shape index (κ1) is 12.9. The molecule has 19 heavy (non-hydrogen) atoms. The van der Waals surface area contributed by atoms with Gasteiger partial charge in [0.25, 0.3) is 0 Å². The van der Waals surface area contributed by atoms with Crippen molar-refractivity contribution in [1.82, 2.24) is 0 Å². The van der Waals surface area contributed by atoms with Gasteiger partial charge in [-0.3, -0.25) is 4.99 Å². The SMILES string of the molecule is CC1=Nc2c(C)cc(C3CCCCC3)cc2C1(C)C. The van der Waals surface area contributed by atoms with Crippen LogP contribution in [0.1, 0.15) is 75.5 Å². The lowest BCUT2D eigenvalue weighted by Gasteiger charge is -2.26. The Morgan fingerprint density at radius 2 is 1.74 bits per heavy atom. The topological polar surface area (TPSA) is 12.4 Å². The number of hydrogen-bond acceptors (Lipinski definition) is 1. The molecular weight excluding hydrogens is 230 g/mol. The maximum Gasteiger partial charge on any atom is 0.0699 e. The first-order valence-electron chi connectivity index (χ1n) is 7.71. The predicted molar refractivity (Wildman–Crippen MR) is 82.8 cm³/mol. The fourth-order valence-corrected chi connectivity index (χ4v) is 3.61. The van der Waals surface area contributed by atoms with Crippen LogP contribution >= 0.6 is 0 Å². The molecule has 0 bridgehead atoms. The summed E-state index contributed by atoms with van der Waals surface area (Å²) in [6.45, 7) is 9.01. The molecular formula is C18H25N. The molecule has 0 N–H and O–H groups in total. The third-order valence-corrected chi connectivity index (χ3v) is 5.26. The minimum atomic E-state index is 0.116. The Labute approximate surface area is 117 Å². The van der Waals surface area contributed by atoms with E-state index < -0.39 is 0 Å². The van der Waals surface area contributed by atoms with E-state index in [1.807, 2.05) is 0 Å². The van der Waals surface area contributed by atoms with Gasteiger partial charge in [0.15, 0.2) is 0 Å². The molecule has 0 saturated heterocycles. The highest BCUT2D eigenvalue weighted by Crippen LogP contribution is 2.44. The van der Waals surface area contributed by atoms with Crippen molar-refractivity contribution in [1.29, 1.82) is 0 Å². The quantitative estimate of drug-likeness (QED) is 0.635. The van der Waals surface area contributed by atoms with Crippen LogP contribution in [-0.4, -0.2) is 5.71 Å². The summed E-state index contributed by atoms with van der Waals surface area (Å²) < 4.78 is 0. The average molecular weight is 255 g/mol. The Kier molecular flexibility index (Phi) is 3.03. The molecule has 1 aliphatic heterocycles. The molecule has 1 heterocycles. The van der Waals surface area contributed by atoms with Crippen molar-refractivity contribution in [3.8, 4) is 0 Å². The zero-order chi connectivity index (χ0) is 13.6. The van der Waals surface area contributed by atoms with Gasteiger partial charge in [-0.15, -0.1) is 0 Å². The van der Waals surface area contributed by atoms with Crippen LogP contribution in [0.2, 0.25) is 0 Å². The van der Waals surface area contributed by atoms with Crippen LogP contribution in [0, 0.1) is 6.92 Å². The first-order chi connectivity index (χ1) is 9.00. The molecule has 102 valence electrons. The molecule has 0 atom stereocenters. The molecule has 1 heteroatoms. The monoisotopic (exact) mass is 255 g/mol. The highest BCUT2D eigenvalue weighted by molar-refractivity contribution is 6.00. The normalized spacial score (nSPS) is 22.2. The van der Waals surface area contributed by atoms with Gasteiger partial charge in [0.2, 0.25) is 0 Å². The molecule has 1 nitrogen and oxygen atoms in total. The van der Waals surface area contributed by atoms with Crippen LogP contribution in [-0.2, 0) is 5.41 Å². The van der Waals surface area contributed by atoms with Crippen LogP contribution < -0.4 is 0 Å². The molecule has 0 amide bonds. The number of rotatable bonds is 1. The molecule has 1 saturated carbocycles. The molecule has 0 spiro atoms. The Bertz CT molecular complexity index is 531. The second-order valence-electron chi connectivity index (χ2n) is 6.89. The molecule has 3 rings (SSSR count). The molecule has 1 fully saturated rings. The summed E-state index contributed by atoms with van der Waals surface area (Å²) >= 11 is 0. The van der Waals surface area contributed by atoms with Gasteiger partial charge in [-0.25, -0.2) is 0 Å². The summed E-state index contributed by atoms with van der Waals surface area (Å²) in [5.41, 5.74) is 6.99. The molecule has 1 aromatic carbocycles. The maximum absolute atomic E-state index is 4.81. The third-order valence-electron chi connectivity index (χ3n) is 5.26. The van der Waals surface area contributed by atoms with Crippen LogP contribution in [0.25, 0.3) is 0 Å². The van der Waals surface area contributed by atoms with Gasteiger partial charge in [0, 0.05) is 11.1 Å². The summed E-state index contributed by atoms with van der Waals surface area (Å²) in [5, 5.41) is 0.